The van der Waals surface area contributed by atoms with Gasteiger partial charge in [0.05, 0.1) is 5.66 Å². The number of allylic oxidation sites excluding steroid dienone is 2. The highest BCUT2D eigenvalue weighted by Gasteiger charge is 2.17. The molecule has 1 aliphatic carbocycles. The Kier molecular flexibility index (Phi) is 4.59. The molecule has 0 aliphatic heterocycles. The Labute approximate surface area is 177 Å². The molecule has 30 heavy (non-hydrogen) atoms. The highest BCUT2D eigenvalue weighted by Crippen LogP contribution is 2.34. The van der Waals surface area contributed by atoms with Gasteiger partial charge >= 0.3 is 0 Å². The van der Waals surface area contributed by atoms with Gasteiger partial charge in [-0.15, -0.1) is 0 Å². The number of fused-ring (bicyclic) bond motifs is 1. The molecule has 0 spiro atoms. The minimum Gasteiger partial charge on any atom is -0.310 e. The predicted octanol–water partition coefficient (Wildman–Crippen LogP) is 6.13. The van der Waals surface area contributed by atoms with E-state index in [0.717, 1.165) is 5.57 Å². The molecule has 4 aromatic rings. The number of nitrogens with two attached hydrogens (primary N) is 2. The first-order valence-electron chi connectivity index (χ1n) is 10.3. The van der Waals surface area contributed by atoms with Crippen LogP contribution in [0.5, 0.6) is 0 Å². The first-order valence-corrected chi connectivity index (χ1v) is 10.3. The highest BCUT2D eigenvalue weighted by atomic mass is 14.9. The van der Waals surface area contributed by atoms with E-state index in [1.54, 1.807) is 0 Å². The number of rotatable bonds is 3. The molecule has 146 valence electrons. The summed E-state index contributed by atoms with van der Waals surface area (Å²) in [6.45, 7) is 0. The summed E-state index contributed by atoms with van der Waals surface area (Å²) in [4.78, 5) is 0. The van der Waals surface area contributed by atoms with Gasteiger partial charge in [-0.3, -0.25) is 0 Å². The van der Waals surface area contributed by atoms with Crippen LogP contribution in [0.2, 0.25) is 0 Å². The third-order valence-electron chi connectivity index (χ3n) is 5.77. The van der Waals surface area contributed by atoms with Gasteiger partial charge < -0.3 is 11.5 Å². The van der Waals surface area contributed by atoms with Crippen molar-refractivity contribution in [1.29, 1.82) is 0 Å². The zero-order valence-corrected chi connectivity index (χ0v) is 16.8. The molecule has 4 aromatic carbocycles. The molecule has 2 nitrogen and oxygen atoms in total. The third kappa shape index (κ3) is 3.59. The molecule has 4 N–H and O–H groups in total. The SMILES string of the molecule is NC1(N)C=CC(c2ccc(-c3ccccc3-c3ccc4ccccc4c3)cc2)=CC1. The first-order chi connectivity index (χ1) is 14.6. The maximum absolute atomic E-state index is 5.97. The average molecular weight is 389 g/mol. The van der Waals surface area contributed by atoms with Crippen molar-refractivity contribution in [2.45, 2.75) is 12.1 Å². The maximum Gasteiger partial charge on any atom is 0.0867 e. The summed E-state index contributed by atoms with van der Waals surface area (Å²) in [6, 6.07) is 32.5. The van der Waals surface area contributed by atoms with Crippen molar-refractivity contribution in [2.24, 2.45) is 11.5 Å². The summed E-state index contributed by atoms with van der Waals surface area (Å²) in [5.41, 5.74) is 18.5. The van der Waals surface area contributed by atoms with Crippen molar-refractivity contribution in [1.82, 2.24) is 0 Å². The van der Waals surface area contributed by atoms with E-state index in [1.807, 2.05) is 12.2 Å². The smallest absolute Gasteiger partial charge is 0.0867 e. The van der Waals surface area contributed by atoms with E-state index >= 15 is 0 Å². The third-order valence-corrected chi connectivity index (χ3v) is 5.77. The lowest BCUT2D eigenvalue weighted by Gasteiger charge is -2.22. The lowest BCUT2D eigenvalue weighted by molar-refractivity contribution is 0.559. The van der Waals surface area contributed by atoms with E-state index < -0.39 is 5.66 Å². The molecule has 0 bridgehead atoms. The Morgan fingerprint density at radius 2 is 1.20 bits per heavy atom. The fourth-order valence-electron chi connectivity index (χ4n) is 4.07. The van der Waals surface area contributed by atoms with Crippen LogP contribution in [-0.2, 0) is 0 Å². The van der Waals surface area contributed by atoms with Gasteiger partial charge in [0.2, 0.25) is 0 Å². The van der Waals surface area contributed by atoms with Crippen LogP contribution in [0, 0.1) is 0 Å². The molecule has 5 rings (SSSR count). The minimum absolute atomic E-state index is 0.644. The minimum atomic E-state index is -0.734. The van der Waals surface area contributed by atoms with Gasteiger partial charge in [0.25, 0.3) is 0 Å². The molecule has 0 radical (unpaired) electrons. The zero-order valence-electron chi connectivity index (χ0n) is 16.8. The van der Waals surface area contributed by atoms with Crippen LogP contribution in [0.25, 0.3) is 38.6 Å². The molecule has 0 atom stereocenters. The number of hydrogen-bond acceptors (Lipinski definition) is 2. The van der Waals surface area contributed by atoms with Crippen LogP contribution in [-0.4, -0.2) is 5.66 Å². The number of hydrogen-bond donors (Lipinski definition) is 2. The Bertz CT molecular complexity index is 1280. The summed E-state index contributed by atoms with van der Waals surface area (Å²) in [5.74, 6) is 0. The molecular weight excluding hydrogens is 364 g/mol. The Balaban J connectivity index is 1.51. The van der Waals surface area contributed by atoms with Crippen LogP contribution >= 0.6 is 0 Å². The van der Waals surface area contributed by atoms with Crippen LogP contribution in [0.1, 0.15) is 12.0 Å². The van der Waals surface area contributed by atoms with Crippen molar-refractivity contribution in [3.8, 4) is 22.3 Å². The van der Waals surface area contributed by atoms with Gasteiger partial charge in [-0.25, -0.2) is 0 Å². The second-order valence-electron chi connectivity index (χ2n) is 7.99. The molecule has 0 heterocycles. The quantitative estimate of drug-likeness (QED) is 0.415. The largest absolute Gasteiger partial charge is 0.310 e. The molecule has 0 saturated heterocycles. The monoisotopic (exact) mass is 388 g/mol. The second kappa shape index (κ2) is 7.42. The van der Waals surface area contributed by atoms with Crippen LogP contribution in [0.3, 0.4) is 0 Å². The Morgan fingerprint density at radius 3 is 1.90 bits per heavy atom. The topological polar surface area (TPSA) is 52.0 Å². The molecule has 0 unspecified atom stereocenters. The molecular formula is C28H24N2. The molecule has 1 aliphatic rings. The van der Waals surface area contributed by atoms with Gasteiger partial charge in [-0.1, -0.05) is 97.1 Å². The summed E-state index contributed by atoms with van der Waals surface area (Å²) in [5, 5.41) is 2.52. The van der Waals surface area contributed by atoms with Gasteiger partial charge in [-0.05, 0) is 56.3 Å². The van der Waals surface area contributed by atoms with Gasteiger partial charge in [-0.2, -0.15) is 0 Å². The van der Waals surface area contributed by atoms with Crippen LogP contribution < -0.4 is 11.5 Å². The zero-order chi connectivity index (χ0) is 20.6. The average Bonchev–Trinajstić information content (AvgIpc) is 2.79. The molecule has 2 heteroatoms. The normalized spacial score (nSPS) is 15.2. The van der Waals surface area contributed by atoms with E-state index in [-0.39, 0.29) is 0 Å². The first kappa shape index (κ1) is 18.6. The van der Waals surface area contributed by atoms with Gasteiger partial charge in [0.1, 0.15) is 0 Å². The van der Waals surface area contributed by atoms with Crippen molar-refractivity contribution in [2.75, 3.05) is 0 Å². The van der Waals surface area contributed by atoms with Crippen LogP contribution in [0.4, 0.5) is 0 Å². The van der Waals surface area contributed by atoms with Crippen molar-refractivity contribution < 1.29 is 0 Å². The molecule has 0 saturated carbocycles. The lowest BCUT2D eigenvalue weighted by atomic mass is 9.91. The summed E-state index contributed by atoms with van der Waals surface area (Å²) >= 11 is 0. The van der Waals surface area contributed by atoms with Gasteiger partial charge in [0, 0.05) is 6.42 Å². The summed E-state index contributed by atoms with van der Waals surface area (Å²) in [6.07, 6.45) is 6.65. The van der Waals surface area contributed by atoms with Crippen molar-refractivity contribution in [3.63, 3.8) is 0 Å². The summed E-state index contributed by atoms with van der Waals surface area (Å²) < 4.78 is 0. The van der Waals surface area contributed by atoms with Crippen molar-refractivity contribution >= 4 is 16.3 Å². The standard InChI is InChI=1S/C28H24N2/c29-28(30)17-15-22(16-18-28)21-9-12-23(13-10-21)26-7-3-4-8-27(26)25-14-11-20-5-1-2-6-24(20)19-25/h1-17,19H,18,29-30H2. The van der Waals surface area contributed by atoms with E-state index in [2.05, 4.69) is 97.1 Å². The Hall–Kier alpha value is -3.46. The fraction of sp³-hybridized carbons (Fsp3) is 0.0714. The van der Waals surface area contributed by atoms with E-state index in [0.29, 0.717) is 6.42 Å². The van der Waals surface area contributed by atoms with Gasteiger partial charge in [0.15, 0.2) is 0 Å². The second-order valence-corrected chi connectivity index (χ2v) is 7.99. The van der Waals surface area contributed by atoms with Crippen molar-refractivity contribution in [3.05, 3.63) is 115 Å². The fourth-order valence-corrected chi connectivity index (χ4v) is 4.07. The van der Waals surface area contributed by atoms with E-state index in [1.165, 1.54) is 38.6 Å². The number of benzene rings is 4. The molecule has 0 aromatic heterocycles. The lowest BCUT2D eigenvalue weighted by Crippen LogP contribution is -2.47. The highest BCUT2D eigenvalue weighted by molar-refractivity contribution is 5.91. The Morgan fingerprint density at radius 1 is 0.600 bits per heavy atom. The summed E-state index contributed by atoms with van der Waals surface area (Å²) in [7, 11) is 0. The van der Waals surface area contributed by atoms with E-state index in [9.17, 15) is 0 Å². The molecule has 0 fully saturated rings. The predicted molar refractivity (Wildman–Crippen MR) is 128 cm³/mol. The molecule has 0 amide bonds. The maximum atomic E-state index is 5.97. The van der Waals surface area contributed by atoms with Crippen LogP contribution in [0.15, 0.2) is 109 Å². The van der Waals surface area contributed by atoms with E-state index in [4.69, 9.17) is 11.5 Å².